The first-order valence-electron chi connectivity index (χ1n) is 6.03. The zero-order valence-corrected chi connectivity index (χ0v) is 10.6. The highest BCUT2D eigenvalue weighted by Gasteiger charge is 2.20. The Hall–Kier alpha value is -0.300. The summed E-state index contributed by atoms with van der Waals surface area (Å²) in [6.07, 6.45) is 10.1. The molecule has 1 heteroatoms. The van der Waals surface area contributed by atoms with Gasteiger partial charge in [0.25, 0.3) is 0 Å². The fourth-order valence-corrected chi connectivity index (χ4v) is 2.08. The molecule has 84 valence electrons. The van der Waals surface area contributed by atoms with Gasteiger partial charge in [0.15, 0.2) is 0 Å². The number of hydrogen-bond acceptors (Lipinski definition) is 1. The minimum atomic E-state index is 0.839. The van der Waals surface area contributed by atoms with Crippen molar-refractivity contribution < 1.29 is 0 Å². The molecule has 0 N–H and O–H groups in total. The molecule has 1 fully saturated rings. The van der Waals surface area contributed by atoms with E-state index in [2.05, 4.69) is 38.1 Å². The Morgan fingerprint density at radius 2 is 1.50 bits per heavy atom. The second-order valence-electron chi connectivity index (χ2n) is 4.06. The lowest BCUT2D eigenvalue weighted by Crippen LogP contribution is -2.31. The van der Waals surface area contributed by atoms with Gasteiger partial charge in [-0.25, -0.2) is 0 Å². The first-order chi connectivity index (χ1) is 6.74. The molecule has 1 aliphatic rings. The molecule has 0 radical (unpaired) electrons. The molecule has 0 aromatic carbocycles. The summed E-state index contributed by atoms with van der Waals surface area (Å²) in [6, 6.07) is 0.839. The van der Waals surface area contributed by atoms with Crippen LogP contribution < -0.4 is 0 Å². The third kappa shape index (κ3) is 4.80. The van der Waals surface area contributed by atoms with E-state index in [0.29, 0.717) is 0 Å². The van der Waals surface area contributed by atoms with Gasteiger partial charge < -0.3 is 4.90 Å². The Morgan fingerprint density at radius 1 is 1.00 bits per heavy atom. The molecule has 1 rings (SSSR count). The molecule has 0 spiro atoms. The molecule has 0 unspecified atom stereocenters. The third-order valence-corrected chi connectivity index (χ3v) is 2.94. The Labute approximate surface area is 90.2 Å². The van der Waals surface area contributed by atoms with Crippen molar-refractivity contribution in [2.24, 2.45) is 5.92 Å². The molecule has 1 saturated carbocycles. The second kappa shape index (κ2) is 8.05. The van der Waals surface area contributed by atoms with Crippen molar-refractivity contribution in [3.05, 3.63) is 12.2 Å². The molecular formula is C13H27N. The molecule has 0 aromatic heterocycles. The first kappa shape index (κ1) is 13.7. The number of allylic oxidation sites excluding steroid dienone is 2. The molecule has 0 atom stereocenters. The Balaban J connectivity index is 0.000000791. The quantitative estimate of drug-likeness (QED) is 0.610. The lowest BCUT2D eigenvalue weighted by Gasteiger charge is -2.31. The van der Waals surface area contributed by atoms with E-state index in [1.165, 1.54) is 25.7 Å². The van der Waals surface area contributed by atoms with Crippen molar-refractivity contribution in [1.29, 1.82) is 0 Å². The largest absolute Gasteiger partial charge is 0.306 e. The van der Waals surface area contributed by atoms with Crippen LogP contribution >= 0.6 is 0 Å². The molecule has 0 heterocycles. The van der Waals surface area contributed by atoms with Gasteiger partial charge in [0.05, 0.1) is 0 Å². The first-order valence-corrected chi connectivity index (χ1v) is 6.03. The van der Waals surface area contributed by atoms with Crippen molar-refractivity contribution in [1.82, 2.24) is 4.90 Å². The number of hydrogen-bond donors (Lipinski definition) is 0. The highest BCUT2D eigenvalue weighted by molar-refractivity contribution is 4.90. The van der Waals surface area contributed by atoms with Gasteiger partial charge in [-0.1, -0.05) is 26.0 Å². The smallest absolute Gasteiger partial charge is 0.00895 e. The lowest BCUT2D eigenvalue weighted by molar-refractivity contribution is 0.209. The molecule has 0 saturated heterocycles. The van der Waals surface area contributed by atoms with Gasteiger partial charge in [-0.15, -0.1) is 0 Å². The predicted molar refractivity (Wildman–Crippen MR) is 65.6 cm³/mol. The molecule has 1 aliphatic carbocycles. The number of rotatable bonds is 2. The maximum atomic E-state index is 2.37. The van der Waals surface area contributed by atoms with Gasteiger partial charge in [0.2, 0.25) is 0 Å². The van der Waals surface area contributed by atoms with E-state index in [1.54, 1.807) is 0 Å². The van der Waals surface area contributed by atoms with Crippen LogP contribution in [0.25, 0.3) is 0 Å². The summed E-state index contributed by atoms with van der Waals surface area (Å²) in [4.78, 5) is 2.37. The van der Waals surface area contributed by atoms with Crippen LogP contribution in [0.5, 0.6) is 0 Å². The van der Waals surface area contributed by atoms with Crippen LogP contribution in [0.2, 0.25) is 0 Å². The summed E-state index contributed by atoms with van der Waals surface area (Å²) in [6.45, 7) is 6.12. The van der Waals surface area contributed by atoms with Gasteiger partial charge in [0.1, 0.15) is 0 Å². The minimum absolute atomic E-state index is 0.839. The van der Waals surface area contributed by atoms with Crippen molar-refractivity contribution in [2.45, 2.75) is 52.5 Å². The fraction of sp³-hybridized carbons (Fsp3) is 0.846. The van der Waals surface area contributed by atoms with Gasteiger partial charge in [0, 0.05) is 6.04 Å². The SMILES string of the molecule is CC.CC=CC1CCC(N(C)C)CC1. The molecule has 1 nitrogen and oxygen atoms in total. The van der Waals surface area contributed by atoms with E-state index >= 15 is 0 Å². The van der Waals surface area contributed by atoms with Gasteiger partial charge in [-0.3, -0.25) is 0 Å². The normalized spacial score (nSPS) is 27.6. The maximum Gasteiger partial charge on any atom is 0.00895 e. The maximum absolute atomic E-state index is 2.37. The van der Waals surface area contributed by atoms with Crippen molar-refractivity contribution >= 4 is 0 Å². The average Bonchev–Trinajstić information content (AvgIpc) is 2.22. The van der Waals surface area contributed by atoms with E-state index < -0.39 is 0 Å². The third-order valence-electron chi connectivity index (χ3n) is 2.94. The molecular weight excluding hydrogens is 170 g/mol. The zero-order valence-electron chi connectivity index (χ0n) is 10.6. The van der Waals surface area contributed by atoms with E-state index in [9.17, 15) is 0 Å². The number of nitrogens with zero attached hydrogens (tertiary/aromatic N) is 1. The van der Waals surface area contributed by atoms with Crippen LogP contribution in [0.4, 0.5) is 0 Å². The standard InChI is InChI=1S/C11H21N.C2H6/c1-4-5-10-6-8-11(9-7-10)12(2)3;1-2/h4-5,10-11H,6-9H2,1-3H3;1-2H3. The minimum Gasteiger partial charge on any atom is -0.306 e. The second-order valence-corrected chi connectivity index (χ2v) is 4.06. The zero-order chi connectivity index (χ0) is 11.0. The van der Waals surface area contributed by atoms with Gasteiger partial charge >= 0.3 is 0 Å². The molecule has 0 bridgehead atoms. The van der Waals surface area contributed by atoms with Crippen molar-refractivity contribution in [3.63, 3.8) is 0 Å². The lowest BCUT2D eigenvalue weighted by atomic mass is 9.85. The highest BCUT2D eigenvalue weighted by atomic mass is 15.1. The predicted octanol–water partition coefficient (Wildman–Crippen LogP) is 3.71. The van der Waals surface area contributed by atoms with Crippen LogP contribution in [-0.2, 0) is 0 Å². The van der Waals surface area contributed by atoms with E-state index in [-0.39, 0.29) is 0 Å². The Kier molecular flexibility index (Phi) is 7.87. The molecule has 0 amide bonds. The van der Waals surface area contributed by atoms with Crippen molar-refractivity contribution in [2.75, 3.05) is 14.1 Å². The van der Waals surface area contributed by atoms with Crippen LogP contribution in [0.1, 0.15) is 46.5 Å². The summed E-state index contributed by atoms with van der Waals surface area (Å²) >= 11 is 0. The Morgan fingerprint density at radius 3 is 1.86 bits per heavy atom. The Bertz CT molecular complexity index is 141. The van der Waals surface area contributed by atoms with Gasteiger partial charge in [-0.2, -0.15) is 0 Å². The summed E-state index contributed by atoms with van der Waals surface area (Å²) < 4.78 is 0. The summed E-state index contributed by atoms with van der Waals surface area (Å²) in [5.74, 6) is 0.867. The summed E-state index contributed by atoms with van der Waals surface area (Å²) in [7, 11) is 4.39. The van der Waals surface area contributed by atoms with Crippen LogP contribution in [0.3, 0.4) is 0 Å². The monoisotopic (exact) mass is 197 g/mol. The highest BCUT2D eigenvalue weighted by Crippen LogP contribution is 2.27. The van der Waals surface area contributed by atoms with Gasteiger partial charge in [-0.05, 0) is 52.6 Å². The van der Waals surface area contributed by atoms with Crippen LogP contribution in [-0.4, -0.2) is 25.0 Å². The molecule has 14 heavy (non-hydrogen) atoms. The van der Waals surface area contributed by atoms with E-state index in [0.717, 1.165) is 12.0 Å². The van der Waals surface area contributed by atoms with Crippen LogP contribution in [0.15, 0.2) is 12.2 Å². The van der Waals surface area contributed by atoms with E-state index in [1.807, 2.05) is 13.8 Å². The average molecular weight is 197 g/mol. The fourth-order valence-electron chi connectivity index (χ4n) is 2.08. The van der Waals surface area contributed by atoms with Crippen molar-refractivity contribution in [3.8, 4) is 0 Å². The van der Waals surface area contributed by atoms with Crippen LogP contribution in [0, 0.1) is 5.92 Å². The summed E-state index contributed by atoms with van der Waals surface area (Å²) in [5.41, 5.74) is 0. The topological polar surface area (TPSA) is 3.24 Å². The molecule has 0 aromatic rings. The summed E-state index contributed by atoms with van der Waals surface area (Å²) in [5, 5.41) is 0. The van der Waals surface area contributed by atoms with E-state index in [4.69, 9.17) is 0 Å². The molecule has 0 aliphatic heterocycles.